The molecule has 0 saturated heterocycles. The van der Waals surface area contributed by atoms with E-state index in [1.54, 1.807) is 0 Å². The molecule has 0 aliphatic carbocycles. The van der Waals surface area contributed by atoms with Crippen LogP contribution < -0.4 is 5.32 Å². The van der Waals surface area contributed by atoms with Crippen LogP contribution >= 0.6 is 0 Å². The second-order valence-electron chi connectivity index (χ2n) is 4.76. The number of benzene rings is 1. The summed E-state index contributed by atoms with van der Waals surface area (Å²) < 4.78 is 37.7. The van der Waals surface area contributed by atoms with Crippen LogP contribution in [0.5, 0.6) is 0 Å². The monoisotopic (exact) mass is 270 g/mol. The lowest BCUT2D eigenvalue weighted by Crippen LogP contribution is -2.33. The van der Waals surface area contributed by atoms with Crippen LogP contribution in [0.1, 0.15) is 44.7 Å². The van der Waals surface area contributed by atoms with E-state index in [-0.39, 0.29) is 11.1 Å². The number of halogens is 3. The van der Waals surface area contributed by atoms with Gasteiger partial charge in [-0.25, -0.2) is 0 Å². The van der Waals surface area contributed by atoms with Gasteiger partial charge in [0.05, 0.1) is 16.8 Å². The maximum absolute atomic E-state index is 12.6. The molecule has 0 aromatic heterocycles. The lowest BCUT2D eigenvalue weighted by molar-refractivity contribution is -0.137. The quantitative estimate of drug-likeness (QED) is 0.870. The number of alkyl halides is 3. The molecule has 0 spiro atoms. The molecule has 0 heterocycles. The topological polar surface area (TPSA) is 35.8 Å². The molecule has 2 nitrogen and oxygen atoms in total. The summed E-state index contributed by atoms with van der Waals surface area (Å²) in [4.78, 5) is 0. The van der Waals surface area contributed by atoms with Crippen molar-refractivity contribution in [3.8, 4) is 6.07 Å². The van der Waals surface area contributed by atoms with Crippen molar-refractivity contribution >= 4 is 5.69 Å². The minimum absolute atomic E-state index is 0.0166. The summed E-state index contributed by atoms with van der Waals surface area (Å²) >= 11 is 0. The Balaban J connectivity index is 3.15. The number of nitriles is 1. The largest absolute Gasteiger partial charge is 0.416 e. The highest BCUT2D eigenvalue weighted by Gasteiger charge is 2.31. The first kappa shape index (κ1) is 15.4. The van der Waals surface area contributed by atoms with Crippen molar-refractivity contribution in [2.75, 3.05) is 5.32 Å². The zero-order valence-corrected chi connectivity index (χ0v) is 11.2. The minimum Gasteiger partial charge on any atom is -0.379 e. The summed E-state index contributed by atoms with van der Waals surface area (Å²) in [5.74, 6) is 0. The third-order valence-electron chi connectivity index (χ3n) is 3.46. The Morgan fingerprint density at radius 2 is 1.79 bits per heavy atom. The third kappa shape index (κ3) is 3.63. The van der Waals surface area contributed by atoms with Crippen LogP contribution in [0.3, 0.4) is 0 Å². The molecule has 1 aromatic rings. The van der Waals surface area contributed by atoms with Gasteiger partial charge in [-0.05, 0) is 38.0 Å². The van der Waals surface area contributed by atoms with E-state index in [0.29, 0.717) is 5.69 Å². The molecule has 0 bridgehead atoms. The van der Waals surface area contributed by atoms with Crippen LogP contribution in [-0.2, 0) is 6.18 Å². The Morgan fingerprint density at radius 3 is 2.21 bits per heavy atom. The fraction of sp³-hybridized carbons (Fsp3) is 0.500. The van der Waals surface area contributed by atoms with E-state index in [9.17, 15) is 13.2 Å². The maximum Gasteiger partial charge on any atom is 0.416 e. The fourth-order valence-electron chi connectivity index (χ4n) is 1.67. The molecular weight excluding hydrogens is 253 g/mol. The van der Waals surface area contributed by atoms with Crippen molar-refractivity contribution in [2.24, 2.45) is 0 Å². The molecule has 0 unspecified atom stereocenters. The molecule has 0 atom stereocenters. The number of nitrogens with zero attached hydrogens (tertiary/aromatic N) is 1. The normalized spacial score (nSPS) is 12.1. The summed E-state index contributed by atoms with van der Waals surface area (Å²) in [6.45, 7) is 5.96. The molecule has 0 amide bonds. The lowest BCUT2D eigenvalue weighted by atomic mass is 9.94. The van der Waals surface area contributed by atoms with E-state index < -0.39 is 11.7 Å². The number of hydrogen-bond acceptors (Lipinski definition) is 2. The molecule has 5 heteroatoms. The van der Waals surface area contributed by atoms with Crippen molar-refractivity contribution in [3.63, 3.8) is 0 Å². The van der Waals surface area contributed by atoms with Crippen LogP contribution in [0, 0.1) is 11.3 Å². The van der Waals surface area contributed by atoms with Crippen molar-refractivity contribution in [1.29, 1.82) is 5.26 Å². The van der Waals surface area contributed by atoms with Gasteiger partial charge in [0.2, 0.25) is 0 Å². The Labute approximate surface area is 111 Å². The highest BCUT2D eigenvalue weighted by Crippen LogP contribution is 2.33. The van der Waals surface area contributed by atoms with Crippen LogP contribution in [0.15, 0.2) is 18.2 Å². The summed E-state index contributed by atoms with van der Waals surface area (Å²) in [7, 11) is 0. The molecule has 0 fully saturated rings. The highest BCUT2D eigenvalue weighted by atomic mass is 19.4. The predicted octanol–water partition coefficient (Wildman–Crippen LogP) is 4.57. The maximum atomic E-state index is 12.6. The van der Waals surface area contributed by atoms with Crippen LogP contribution in [-0.4, -0.2) is 5.54 Å². The van der Waals surface area contributed by atoms with E-state index in [1.807, 2.05) is 26.8 Å². The zero-order valence-electron chi connectivity index (χ0n) is 11.2. The molecule has 0 aliphatic rings. The van der Waals surface area contributed by atoms with Crippen LogP contribution in [0.2, 0.25) is 0 Å². The summed E-state index contributed by atoms with van der Waals surface area (Å²) in [5.41, 5.74) is -0.570. The van der Waals surface area contributed by atoms with E-state index in [0.717, 1.165) is 25.0 Å². The third-order valence-corrected chi connectivity index (χ3v) is 3.46. The van der Waals surface area contributed by atoms with Gasteiger partial charge in [0, 0.05) is 5.54 Å². The first-order valence-corrected chi connectivity index (χ1v) is 6.15. The van der Waals surface area contributed by atoms with Gasteiger partial charge in [0.1, 0.15) is 6.07 Å². The van der Waals surface area contributed by atoms with Crippen LogP contribution in [0.25, 0.3) is 0 Å². The number of anilines is 1. The van der Waals surface area contributed by atoms with Gasteiger partial charge in [0.25, 0.3) is 0 Å². The Hall–Kier alpha value is -1.70. The Morgan fingerprint density at radius 1 is 1.21 bits per heavy atom. The van der Waals surface area contributed by atoms with E-state index >= 15 is 0 Å². The molecule has 0 aliphatic heterocycles. The first-order valence-electron chi connectivity index (χ1n) is 6.15. The molecule has 1 N–H and O–H groups in total. The first-order chi connectivity index (χ1) is 8.75. The van der Waals surface area contributed by atoms with Crippen molar-refractivity contribution < 1.29 is 13.2 Å². The van der Waals surface area contributed by atoms with E-state index in [2.05, 4.69) is 5.32 Å². The fourth-order valence-corrected chi connectivity index (χ4v) is 1.67. The van der Waals surface area contributed by atoms with Gasteiger partial charge < -0.3 is 5.32 Å². The highest BCUT2D eigenvalue weighted by molar-refractivity contribution is 5.60. The Kier molecular flexibility index (Phi) is 4.46. The van der Waals surface area contributed by atoms with E-state index in [4.69, 9.17) is 5.26 Å². The SMILES string of the molecule is CCC(C)(CC)Nc1ccc(C(F)(F)F)cc1C#N. The number of rotatable bonds is 4. The van der Waals surface area contributed by atoms with Gasteiger partial charge >= 0.3 is 6.18 Å². The van der Waals surface area contributed by atoms with Crippen molar-refractivity contribution in [1.82, 2.24) is 0 Å². The molecule has 19 heavy (non-hydrogen) atoms. The van der Waals surface area contributed by atoms with Gasteiger partial charge in [-0.2, -0.15) is 18.4 Å². The second-order valence-corrected chi connectivity index (χ2v) is 4.76. The average Bonchev–Trinajstić information content (AvgIpc) is 2.37. The van der Waals surface area contributed by atoms with Gasteiger partial charge in [0.15, 0.2) is 0 Å². The number of hydrogen-bond donors (Lipinski definition) is 1. The number of nitrogens with one attached hydrogen (secondary N) is 1. The average molecular weight is 270 g/mol. The van der Waals surface area contributed by atoms with Crippen molar-refractivity contribution in [3.05, 3.63) is 29.3 Å². The Bertz CT molecular complexity index is 482. The second kappa shape index (κ2) is 5.52. The van der Waals surface area contributed by atoms with E-state index in [1.165, 1.54) is 6.07 Å². The molecule has 1 rings (SSSR count). The summed E-state index contributed by atoms with van der Waals surface area (Å²) in [6, 6.07) is 5.02. The predicted molar refractivity (Wildman–Crippen MR) is 68.8 cm³/mol. The molecule has 1 aromatic carbocycles. The lowest BCUT2D eigenvalue weighted by Gasteiger charge is -2.30. The smallest absolute Gasteiger partial charge is 0.379 e. The minimum atomic E-state index is -4.43. The van der Waals surface area contributed by atoms with Crippen LogP contribution in [0.4, 0.5) is 18.9 Å². The zero-order chi connectivity index (χ0) is 14.7. The molecule has 0 saturated carbocycles. The summed E-state index contributed by atoms with van der Waals surface area (Å²) in [5, 5.41) is 12.2. The van der Waals surface area contributed by atoms with Crippen molar-refractivity contribution in [2.45, 2.75) is 45.3 Å². The molecule has 0 radical (unpaired) electrons. The van der Waals surface area contributed by atoms with Gasteiger partial charge in [-0.15, -0.1) is 0 Å². The molecule has 104 valence electrons. The summed E-state index contributed by atoms with van der Waals surface area (Å²) in [6.07, 6.45) is -2.80. The van der Waals surface area contributed by atoms with Gasteiger partial charge in [-0.3, -0.25) is 0 Å². The molecular formula is C14H17F3N2. The van der Waals surface area contributed by atoms with Gasteiger partial charge in [-0.1, -0.05) is 13.8 Å². The standard InChI is InChI=1S/C14H17F3N2/c1-4-13(3,5-2)19-12-7-6-11(14(15,16)17)8-10(12)9-18/h6-8,19H,4-5H2,1-3H3.